The van der Waals surface area contributed by atoms with Gasteiger partial charge in [0, 0.05) is 19.3 Å². The Hall–Kier alpha value is -4.71. The zero-order valence-electron chi connectivity index (χ0n) is 43.3. The fourth-order valence-corrected chi connectivity index (χ4v) is 6.77. The van der Waals surface area contributed by atoms with Gasteiger partial charge < -0.3 is 14.2 Å². The molecule has 1 unspecified atom stereocenters. The first-order chi connectivity index (χ1) is 33.5. The summed E-state index contributed by atoms with van der Waals surface area (Å²) < 4.78 is 16.7. The third-order valence-electron chi connectivity index (χ3n) is 10.8. The molecule has 0 fully saturated rings. The normalized spacial score (nSPS) is 13.3. The first kappa shape index (κ1) is 63.3. The van der Waals surface area contributed by atoms with Gasteiger partial charge in [-0.25, -0.2) is 0 Å². The maximum absolute atomic E-state index is 12.8. The van der Waals surface area contributed by atoms with Crippen LogP contribution >= 0.6 is 0 Å². The number of allylic oxidation sites excluding steroid dienone is 24. The molecule has 0 aromatic rings. The lowest BCUT2D eigenvalue weighted by Gasteiger charge is -2.18. The Morgan fingerprint density at radius 1 is 0.324 bits per heavy atom. The van der Waals surface area contributed by atoms with Gasteiger partial charge in [0.2, 0.25) is 0 Å². The summed E-state index contributed by atoms with van der Waals surface area (Å²) in [5.41, 5.74) is 0. The number of unbranched alkanes of at least 4 members (excludes halogenated alkanes) is 17. The van der Waals surface area contributed by atoms with E-state index in [4.69, 9.17) is 14.2 Å². The second-order valence-electron chi connectivity index (χ2n) is 17.2. The van der Waals surface area contributed by atoms with Crippen LogP contribution in [0.25, 0.3) is 0 Å². The lowest BCUT2D eigenvalue weighted by atomic mass is 10.1. The van der Waals surface area contributed by atoms with E-state index in [-0.39, 0.29) is 44.0 Å². The lowest BCUT2D eigenvalue weighted by molar-refractivity contribution is -0.167. The van der Waals surface area contributed by atoms with Crippen LogP contribution < -0.4 is 0 Å². The van der Waals surface area contributed by atoms with E-state index in [0.29, 0.717) is 19.3 Å². The van der Waals surface area contributed by atoms with E-state index in [1.807, 2.05) is 72.9 Å². The average molecular weight is 937 g/mol. The first-order valence-electron chi connectivity index (χ1n) is 26.9. The minimum absolute atomic E-state index is 0.123. The number of hydrogen-bond acceptors (Lipinski definition) is 6. The molecule has 0 amide bonds. The highest BCUT2D eigenvalue weighted by Gasteiger charge is 2.19. The summed E-state index contributed by atoms with van der Waals surface area (Å²) in [6.07, 6.45) is 78.3. The molecule has 0 aliphatic carbocycles. The van der Waals surface area contributed by atoms with Gasteiger partial charge in [-0.15, -0.1) is 0 Å². The van der Waals surface area contributed by atoms with Crippen LogP contribution in [-0.2, 0) is 28.6 Å². The lowest BCUT2D eigenvalue weighted by Crippen LogP contribution is -2.30. The molecule has 0 bridgehead atoms. The molecule has 0 radical (unpaired) electrons. The molecule has 0 aromatic heterocycles. The van der Waals surface area contributed by atoms with E-state index in [1.165, 1.54) is 70.6 Å². The van der Waals surface area contributed by atoms with Crippen molar-refractivity contribution in [2.75, 3.05) is 13.2 Å². The van der Waals surface area contributed by atoms with E-state index in [1.54, 1.807) is 0 Å². The minimum Gasteiger partial charge on any atom is -0.462 e. The van der Waals surface area contributed by atoms with Crippen LogP contribution in [0.2, 0.25) is 0 Å². The number of ether oxygens (including phenoxy) is 3. The van der Waals surface area contributed by atoms with Crippen molar-refractivity contribution < 1.29 is 28.6 Å². The molecular weight excluding hydrogens is 841 g/mol. The van der Waals surface area contributed by atoms with Crippen molar-refractivity contribution in [3.63, 3.8) is 0 Å². The molecule has 6 heteroatoms. The molecule has 6 nitrogen and oxygen atoms in total. The second kappa shape index (κ2) is 54.9. The van der Waals surface area contributed by atoms with Crippen molar-refractivity contribution in [3.8, 4) is 0 Å². The predicted molar refractivity (Wildman–Crippen MR) is 292 cm³/mol. The van der Waals surface area contributed by atoms with Crippen LogP contribution in [0.1, 0.15) is 207 Å². The highest BCUT2D eigenvalue weighted by Crippen LogP contribution is 2.13. The van der Waals surface area contributed by atoms with Gasteiger partial charge in [0.15, 0.2) is 6.10 Å². The Bertz CT molecular complexity index is 1540. The fourth-order valence-electron chi connectivity index (χ4n) is 6.77. The van der Waals surface area contributed by atoms with E-state index in [0.717, 1.165) is 83.5 Å². The fraction of sp³-hybridized carbons (Fsp3) is 0.565. The van der Waals surface area contributed by atoms with Crippen molar-refractivity contribution in [1.82, 2.24) is 0 Å². The molecule has 0 spiro atoms. The van der Waals surface area contributed by atoms with E-state index in [2.05, 4.69) is 93.7 Å². The smallest absolute Gasteiger partial charge is 0.306 e. The van der Waals surface area contributed by atoms with E-state index in [9.17, 15) is 14.4 Å². The van der Waals surface area contributed by atoms with Gasteiger partial charge in [-0.2, -0.15) is 0 Å². The molecule has 0 aliphatic heterocycles. The Labute approximate surface area is 417 Å². The van der Waals surface area contributed by atoms with Gasteiger partial charge in [0.05, 0.1) is 0 Å². The topological polar surface area (TPSA) is 78.9 Å². The van der Waals surface area contributed by atoms with Crippen LogP contribution in [-0.4, -0.2) is 37.2 Å². The van der Waals surface area contributed by atoms with Gasteiger partial charge in [-0.1, -0.05) is 237 Å². The number of esters is 3. The molecule has 380 valence electrons. The molecule has 0 aromatic carbocycles. The first-order valence-corrected chi connectivity index (χ1v) is 26.9. The summed E-state index contributed by atoms with van der Waals surface area (Å²) >= 11 is 0. The van der Waals surface area contributed by atoms with Crippen molar-refractivity contribution in [2.24, 2.45) is 0 Å². The van der Waals surface area contributed by atoms with Crippen molar-refractivity contribution in [3.05, 3.63) is 146 Å². The van der Waals surface area contributed by atoms with Crippen molar-refractivity contribution in [1.29, 1.82) is 0 Å². The molecule has 0 rings (SSSR count). The minimum atomic E-state index is -0.833. The summed E-state index contributed by atoms with van der Waals surface area (Å²) in [6, 6.07) is 0. The van der Waals surface area contributed by atoms with Crippen molar-refractivity contribution >= 4 is 17.9 Å². The molecular formula is C62H96O6. The van der Waals surface area contributed by atoms with E-state index < -0.39 is 6.10 Å². The average Bonchev–Trinajstić information content (AvgIpc) is 3.34. The van der Waals surface area contributed by atoms with Crippen LogP contribution in [0.3, 0.4) is 0 Å². The van der Waals surface area contributed by atoms with Gasteiger partial charge >= 0.3 is 17.9 Å². The zero-order valence-corrected chi connectivity index (χ0v) is 43.3. The predicted octanol–water partition coefficient (Wildman–Crippen LogP) is 18.0. The van der Waals surface area contributed by atoms with Crippen LogP contribution in [0.15, 0.2) is 146 Å². The molecule has 0 aliphatic rings. The maximum atomic E-state index is 12.8. The number of hydrogen-bond donors (Lipinski definition) is 0. The van der Waals surface area contributed by atoms with Gasteiger partial charge in [0.1, 0.15) is 13.2 Å². The molecule has 68 heavy (non-hydrogen) atoms. The highest BCUT2D eigenvalue weighted by atomic mass is 16.6. The summed E-state index contributed by atoms with van der Waals surface area (Å²) in [4.78, 5) is 38.1. The number of rotatable bonds is 46. The quantitative estimate of drug-likeness (QED) is 0.0199. The van der Waals surface area contributed by atoms with Crippen molar-refractivity contribution in [2.45, 2.75) is 213 Å². The molecule has 1 atom stereocenters. The molecule has 0 heterocycles. The van der Waals surface area contributed by atoms with Crippen LogP contribution in [0.5, 0.6) is 0 Å². The third kappa shape index (κ3) is 52.3. The second-order valence-corrected chi connectivity index (χ2v) is 17.2. The Morgan fingerprint density at radius 3 is 1.13 bits per heavy atom. The Kier molecular flexibility index (Phi) is 51.1. The van der Waals surface area contributed by atoms with Gasteiger partial charge in [0.25, 0.3) is 0 Å². The Morgan fingerprint density at radius 2 is 0.662 bits per heavy atom. The number of carbonyl (C=O) groups is 3. The summed E-state index contributed by atoms with van der Waals surface area (Å²) in [5.74, 6) is -1.04. The van der Waals surface area contributed by atoms with Crippen LogP contribution in [0.4, 0.5) is 0 Å². The number of carbonyl (C=O) groups excluding carboxylic acids is 3. The molecule has 0 saturated heterocycles. The van der Waals surface area contributed by atoms with Crippen LogP contribution in [0, 0.1) is 0 Å². The summed E-state index contributed by atoms with van der Waals surface area (Å²) in [7, 11) is 0. The standard InChI is InChI=1S/C62H96O6/c1-4-7-10-13-16-19-22-25-28-30-31-33-34-37-40-43-46-49-52-55-61(64)67-58-59(57-66-60(63)54-51-48-45-42-39-36-27-24-21-18-15-12-9-6-3)68-62(65)56-53-50-47-44-41-38-35-32-29-26-23-20-17-14-11-8-5-2/h7,9-10,12-13,16,18-19,21-22,25-26,28-31,33-35,37-38,40,44,47,59H,4-6,8,11,14-15,17,20,23-24,27,32,36,39,41-43,45-46,48-58H2,1-3H3/b10-7-,12-9-,16-13-,21-18-,22-19-,28-25-,29-26-,31-30+,34-33-,38-35-,40-37-,47-44-. The molecule has 0 saturated carbocycles. The van der Waals surface area contributed by atoms with E-state index >= 15 is 0 Å². The Balaban J connectivity index is 4.61. The monoisotopic (exact) mass is 937 g/mol. The SMILES string of the molecule is CC\C=C/C=C\C=C/C=C\C=C\C=C/C=C\CCCCCC(=O)OCC(COC(=O)CCCCCCCCC/C=C\C/C=C\CC)OC(=O)CCC/C=C\C/C=C\C/C=C\CCCCCCCC. The zero-order chi connectivity index (χ0) is 49.3. The molecule has 0 N–H and O–H groups in total. The third-order valence-corrected chi connectivity index (χ3v) is 10.8. The summed E-state index contributed by atoms with van der Waals surface area (Å²) in [5, 5.41) is 0. The van der Waals surface area contributed by atoms with Gasteiger partial charge in [-0.05, 0) is 96.3 Å². The van der Waals surface area contributed by atoms with Gasteiger partial charge in [-0.3, -0.25) is 14.4 Å². The largest absolute Gasteiger partial charge is 0.462 e. The maximum Gasteiger partial charge on any atom is 0.306 e. The highest BCUT2D eigenvalue weighted by molar-refractivity contribution is 5.71. The summed E-state index contributed by atoms with van der Waals surface area (Å²) in [6.45, 7) is 6.27.